The van der Waals surface area contributed by atoms with Crippen LogP contribution in [0, 0.1) is 18.8 Å². The third-order valence-corrected chi connectivity index (χ3v) is 4.91. The molecule has 2 nitrogen and oxygen atoms in total. The zero-order valence-electron chi connectivity index (χ0n) is 13.4. The number of rotatable bonds is 4. The second-order valence-corrected chi connectivity index (χ2v) is 6.95. The molecule has 1 N–H and O–H groups in total. The molecule has 20 heavy (non-hydrogen) atoms. The first-order chi connectivity index (χ1) is 9.41. The van der Waals surface area contributed by atoms with Crippen LogP contribution in [0.2, 0.25) is 0 Å². The van der Waals surface area contributed by atoms with Gasteiger partial charge in [0, 0.05) is 18.9 Å². The minimum Gasteiger partial charge on any atom is -0.389 e. The van der Waals surface area contributed by atoms with Crippen molar-refractivity contribution >= 4 is 0 Å². The van der Waals surface area contributed by atoms with Crippen LogP contribution in [0.3, 0.4) is 0 Å². The van der Waals surface area contributed by atoms with Gasteiger partial charge in [-0.3, -0.25) is 0 Å². The van der Waals surface area contributed by atoms with E-state index in [0.717, 1.165) is 25.8 Å². The van der Waals surface area contributed by atoms with Gasteiger partial charge in [0.2, 0.25) is 0 Å². The number of aliphatic hydroxyl groups is 1. The maximum atomic E-state index is 11.4. The molecule has 0 aromatic heterocycles. The minimum atomic E-state index is -0.559. The van der Waals surface area contributed by atoms with Crippen LogP contribution in [0.25, 0.3) is 0 Å². The van der Waals surface area contributed by atoms with Crippen LogP contribution in [0.15, 0.2) is 24.3 Å². The summed E-state index contributed by atoms with van der Waals surface area (Å²) in [5.74, 6) is 0.753. The molecule has 0 aliphatic heterocycles. The van der Waals surface area contributed by atoms with E-state index < -0.39 is 5.60 Å². The van der Waals surface area contributed by atoms with Gasteiger partial charge in [0.15, 0.2) is 0 Å². The minimum absolute atomic E-state index is 0.377. The Labute approximate surface area is 123 Å². The van der Waals surface area contributed by atoms with Crippen molar-refractivity contribution in [3.05, 3.63) is 35.4 Å². The Morgan fingerprint density at radius 2 is 2.05 bits per heavy atom. The fraction of sp³-hybridized carbons (Fsp3) is 0.667. The van der Waals surface area contributed by atoms with E-state index in [9.17, 15) is 5.11 Å². The molecule has 3 atom stereocenters. The molecule has 2 heteroatoms. The fourth-order valence-electron chi connectivity index (χ4n) is 3.73. The van der Waals surface area contributed by atoms with Crippen molar-refractivity contribution in [3.63, 3.8) is 0 Å². The topological polar surface area (TPSA) is 23.5 Å². The van der Waals surface area contributed by atoms with Gasteiger partial charge in [-0.15, -0.1) is 0 Å². The van der Waals surface area contributed by atoms with Crippen molar-refractivity contribution in [1.82, 2.24) is 4.90 Å². The molecule has 1 aliphatic carbocycles. The molecule has 1 aromatic carbocycles. The van der Waals surface area contributed by atoms with E-state index in [4.69, 9.17) is 0 Å². The van der Waals surface area contributed by atoms with Gasteiger partial charge in [-0.25, -0.2) is 0 Å². The largest absolute Gasteiger partial charge is 0.389 e. The Kier molecular flexibility index (Phi) is 4.87. The Morgan fingerprint density at radius 1 is 1.30 bits per heavy atom. The monoisotopic (exact) mass is 275 g/mol. The fourth-order valence-corrected chi connectivity index (χ4v) is 3.73. The molecular formula is C18H29NO. The van der Waals surface area contributed by atoms with E-state index in [-0.39, 0.29) is 0 Å². The summed E-state index contributed by atoms with van der Waals surface area (Å²) in [6.07, 6.45) is 4.32. The molecule has 0 spiro atoms. The molecule has 0 radical (unpaired) electrons. The molecule has 3 unspecified atom stereocenters. The highest BCUT2D eigenvalue weighted by Gasteiger charge is 2.43. The van der Waals surface area contributed by atoms with Gasteiger partial charge in [0.05, 0.1) is 5.60 Å². The molecule has 2 rings (SSSR count). The van der Waals surface area contributed by atoms with Gasteiger partial charge in [-0.1, -0.05) is 43.2 Å². The lowest BCUT2D eigenvalue weighted by Gasteiger charge is -2.46. The van der Waals surface area contributed by atoms with Gasteiger partial charge in [0.1, 0.15) is 0 Å². The number of aryl methyl sites for hydroxylation is 1. The second-order valence-electron chi connectivity index (χ2n) is 6.95. The first-order valence-electron chi connectivity index (χ1n) is 7.84. The molecular weight excluding hydrogens is 246 g/mol. The number of benzene rings is 1. The van der Waals surface area contributed by atoms with Gasteiger partial charge in [-0.2, -0.15) is 0 Å². The summed E-state index contributed by atoms with van der Waals surface area (Å²) in [5.41, 5.74) is 1.99. The van der Waals surface area contributed by atoms with E-state index in [0.29, 0.717) is 11.8 Å². The third-order valence-electron chi connectivity index (χ3n) is 4.91. The Hall–Kier alpha value is -0.860. The molecule has 112 valence electrons. The molecule has 1 aromatic rings. The average Bonchev–Trinajstić information content (AvgIpc) is 2.35. The van der Waals surface area contributed by atoms with Crippen LogP contribution >= 0.6 is 0 Å². The molecule has 0 saturated heterocycles. The molecule has 0 bridgehead atoms. The molecule has 1 saturated carbocycles. The quantitative estimate of drug-likeness (QED) is 0.911. The van der Waals surface area contributed by atoms with Crippen molar-refractivity contribution in [2.45, 2.75) is 45.1 Å². The maximum absolute atomic E-state index is 11.4. The molecule has 0 amide bonds. The Bertz CT molecular complexity index is 443. The van der Waals surface area contributed by atoms with Crippen molar-refractivity contribution in [1.29, 1.82) is 0 Å². The molecule has 1 aliphatic rings. The lowest BCUT2D eigenvalue weighted by molar-refractivity contribution is -0.0939. The Balaban J connectivity index is 2.21. The number of hydrogen-bond donors (Lipinski definition) is 1. The van der Waals surface area contributed by atoms with Gasteiger partial charge in [0.25, 0.3) is 0 Å². The highest BCUT2D eigenvalue weighted by atomic mass is 16.3. The number of hydrogen-bond acceptors (Lipinski definition) is 2. The smallest absolute Gasteiger partial charge is 0.0753 e. The van der Waals surface area contributed by atoms with Crippen LogP contribution in [-0.2, 0) is 6.42 Å². The lowest BCUT2D eigenvalue weighted by Crippen LogP contribution is -2.51. The van der Waals surface area contributed by atoms with Crippen LogP contribution < -0.4 is 0 Å². The standard InChI is InChI=1S/C18H29NO/c1-14-7-5-9-16(11-14)12-18(20)15(2)8-6-10-17(18)13-19(3)4/h5,7,9,11,15,17,20H,6,8,10,12-13H2,1-4H3. The second kappa shape index (κ2) is 6.28. The highest BCUT2D eigenvalue weighted by Crippen LogP contribution is 2.40. The van der Waals surface area contributed by atoms with Crippen LogP contribution in [0.5, 0.6) is 0 Å². The summed E-state index contributed by atoms with van der Waals surface area (Å²) in [7, 11) is 4.21. The zero-order valence-corrected chi connectivity index (χ0v) is 13.4. The van der Waals surface area contributed by atoms with Crippen molar-refractivity contribution in [2.75, 3.05) is 20.6 Å². The lowest BCUT2D eigenvalue weighted by atomic mass is 9.66. The van der Waals surface area contributed by atoms with Crippen LogP contribution in [-0.4, -0.2) is 36.2 Å². The van der Waals surface area contributed by atoms with Gasteiger partial charge in [-0.05, 0) is 45.3 Å². The summed E-state index contributed by atoms with van der Waals surface area (Å²) in [6.45, 7) is 5.32. The first kappa shape index (κ1) is 15.5. The SMILES string of the molecule is Cc1cccc(CC2(O)C(C)CCCC2CN(C)C)c1. The zero-order chi connectivity index (χ0) is 14.8. The van der Waals surface area contributed by atoms with Crippen molar-refractivity contribution < 1.29 is 5.11 Å². The summed E-state index contributed by atoms with van der Waals surface area (Å²) in [5, 5.41) is 11.4. The van der Waals surface area contributed by atoms with Crippen LogP contribution in [0.4, 0.5) is 0 Å². The molecule has 0 heterocycles. The van der Waals surface area contributed by atoms with E-state index in [2.05, 4.69) is 57.1 Å². The van der Waals surface area contributed by atoms with E-state index in [1.54, 1.807) is 0 Å². The summed E-state index contributed by atoms with van der Waals surface area (Å²) < 4.78 is 0. The maximum Gasteiger partial charge on any atom is 0.0753 e. The van der Waals surface area contributed by atoms with Gasteiger partial charge >= 0.3 is 0 Å². The number of nitrogens with zero attached hydrogens (tertiary/aromatic N) is 1. The predicted molar refractivity (Wildman–Crippen MR) is 84.9 cm³/mol. The predicted octanol–water partition coefficient (Wildman–Crippen LogP) is 3.27. The average molecular weight is 275 g/mol. The third kappa shape index (κ3) is 3.42. The normalized spacial score (nSPS) is 30.7. The van der Waals surface area contributed by atoms with E-state index in [1.165, 1.54) is 17.5 Å². The van der Waals surface area contributed by atoms with Crippen molar-refractivity contribution in [3.8, 4) is 0 Å². The van der Waals surface area contributed by atoms with Crippen LogP contribution in [0.1, 0.15) is 37.3 Å². The summed E-state index contributed by atoms with van der Waals surface area (Å²) >= 11 is 0. The summed E-state index contributed by atoms with van der Waals surface area (Å²) in [4.78, 5) is 2.21. The van der Waals surface area contributed by atoms with Crippen molar-refractivity contribution in [2.24, 2.45) is 11.8 Å². The first-order valence-corrected chi connectivity index (χ1v) is 7.84. The van der Waals surface area contributed by atoms with Gasteiger partial charge < -0.3 is 10.0 Å². The highest BCUT2D eigenvalue weighted by molar-refractivity contribution is 5.24. The van der Waals surface area contributed by atoms with E-state index in [1.807, 2.05) is 0 Å². The molecule has 1 fully saturated rings. The summed E-state index contributed by atoms with van der Waals surface area (Å²) in [6, 6.07) is 8.59. The van der Waals surface area contributed by atoms with E-state index >= 15 is 0 Å². The Morgan fingerprint density at radius 3 is 2.70 bits per heavy atom.